The van der Waals surface area contributed by atoms with Gasteiger partial charge in [0.05, 0.1) is 9.79 Å². The summed E-state index contributed by atoms with van der Waals surface area (Å²) in [6, 6.07) is 13.9. The lowest BCUT2D eigenvalue weighted by atomic mass is 10.2. The molecule has 6 nitrogen and oxygen atoms in total. The van der Waals surface area contributed by atoms with E-state index in [1.807, 2.05) is 6.07 Å². The number of nitrogens with zero attached hydrogens (tertiary/aromatic N) is 1. The molecule has 0 atom stereocenters. The molecule has 1 aromatic heterocycles. The van der Waals surface area contributed by atoms with Gasteiger partial charge < -0.3 is 10.6 Å². The number of hydrogen-bond acceptors (Lipinski definition) is 4. The summed E-state index contributed by atoms with van der Waals surface area (Å²) in [6.45, 7) is 2.03. The van der Waals surface area contributed by atoms with Crippen LogP contribution in [0, 0.1) is 6.92 Å². The van der Waals surface area contributed by atoms with E-state index in [-0.39, 0.29) is 9.79 Å². The Morgan fingerprint density at radius 1 is 1.11 bits per heavy atom. The number of urea groups is 1. The van der Waals surface area contributed by atoms with Crippen molar-refractivity contribution in [3.8, 4) is 0 Å². The monoisotopic (exact) mass is 415 g/mol. The Kier molecular flexibility index (Phi) is 5.96. The number of carbonyl (C=O) groups excluding carboxylic acids is 1. The first-order chi connectivity index (χ1) is 13.4. The lowest BCUT2D eigenvalue weighted by Gasteiger charge is -2.10. The molecule has 0 spiro atoms. The normalized spacial score (nSPS) is 11.1. The number of aromatic nitrogens is 1. The zero-order valence-electron chi connectivity index (χ0n) is 15.0. The Balaban J connectivity index is 1.68. The van der Waals surface area contributed by atoms with Crippen molar-refractivity contribution in [2.75, 3.05) is 5.32 Å². The third-order valence-electron chi connectivity index (χ3n) is 4.02. The van der Waals surface area contributed by atoms with Gasteiger partial charge in [-0.2, -0.15) is 0 Å². The van der Waals surface area contributed by atoms with Gasteiger partial charge in [-0.1, -0.05) is 17.7 Å². The van der Waals surface area contributed by atoms with Gasteiger partial charge in [0, 0.05) is 29.6 Å². The lowest BCUT2D eigenvalue weighted by Crippen LogP contribution is -2.28. The van der Waals surface area contributed by atoms with Crippen molar-refractivity contribution < 1.29 is 13.2 Å². The first-order valence-electron chi connectivity index (χ1n) is 8.41. The van der Waals surface area contributed by atoms with E-state index < -0.39 is 15.9 Å². The van der Waals surface area contributed by atoms with E-state index in [0.29, 0.717) is 22.8 Å². The molecular formula is C20H18ClN3O3S. The van der Waals surface area contributed by atoms with E-state index in [1.54, 1.807) is 49.6 Å². The van der Waals surface area contributed by atoms with Gasteiger partial charge in [-0.3, -0.25) is 4.98 Å². The zero-order chi connectivity index (χ0) is 20.1. The number of anilines is 1. The number of aryl methyl sites for hydroxylation is 1. The summed E-state index contributed by atoms with van der Waals surface area (Å²) in [5, 5.41) is 5.86. The van der Waals surface area contributed by atoms with Gasteiger partial charge in [0.25, 0.3) is 0 Å². The van der Waals surface area contributed by atoms with E-state index in [9.17, 15) is 13.2 Å². The zero-order valence-corrected chi connectivity index (χ0v) is 16.6. The molecule has 0 aliphatic rings. The molecule has 3 aromatic rings. The van der Waals surface area contributed by atoms with Crippen molar-refractivity contribution in [1.29, 1.82) is 0 Å². The highest BCUT2D eigenvalue weighted by atomic mass is 35.5. The summed E-state index contributed by atoms with van der Waals surface area (Å²) in [4.78, 5) is 16.3. The van der Waals surface area contributed by atoms with E-state index >= 15 is 0 Å². The molecule has 0 radical (unpaired) electrons. The summed E-state index contributed by atoms with van der Waals surface area (Å²) in [7, 11) is -3.67. The SMILES string of the molecule is Cc1cc(Cl)ccc1S(=O)(=O)c1ccc(NC(=O)NCc2cccnc2)cc1. The molecule has 2 N–H and O–H groups in total. The Labute approximate surface area is 168 Å². The molecular weight excluding hydrogens is 398 g/mol. The highest BCUT2D eigenvalue weighted by molar-refractivity contribution is 7.91. The first kappa shape index (κ1) is 19.9. The minimum absolute atomic E-state index is 0.138. The Morgan fingerprint density at radius 3 is 2.50 bits per heavy atom. The van der Waals surface area contributed by atoms with Gasteiger partial charge in [-0.25, -0.2) is 13.2 Å². The first-order valence-corrected chi connectivity index (χ1v) is 10.3. The predicted molar refractivity (Wildman–Crippen MR) is 108 cm³/mol. The van der Waals surface area contributed by atoms with Crippen LogP contribution in [0.4, 0.5) is 10.5 Å². The molecule has 0 aliphatic carbocycles. The van der Waals surface area contributed by atoms with Crippen molar-refractivity contribution in [1.82, 2.24) is 10.3 Å². The van der Waals surface area contributed by atoms with E-state index in [2.05, 4.69) is 15.6 Å². The predicted octanol–water partition coefficient (Wildman–Crippen LogP) is 4.20. The fraction of sp³-hybridized carbons (Fsp3) is 0.100. The fourth-order valence-corrected chi connectivity index (χ4v) is 4.32. The molecule has 0 saturated heterocycles. The summed E-state index contributed by atoms with van der Waals surface area (Å²) in [6.07, 6.45) is 3.32. The number of sulfone groups is 1. The van der Waals surface area contributed by atoms with E-state index in [4.69, 9.17) is 11.6 Å². The topological polar surface area (TPSA) is 88.2 Å². The van der Waals surface area contributed by atoms with Crippen LogP contribution in [0.2, 0.25) is 5.02 Å². The maximum Gasteiger partial charge on any atom is 0.319 e. The van der Waals surface area contributed by atoms with Crippen LogP contribution in [0.3, 0.4) is 0 Å². The van der Waals surface area contributed by atoms with Crippen LogP contribution in [-0.2, 0) is 16.4 Å². The molecule has 0 fully saturated rings. The molecule has 0 aliphatic heterocycles. The second kappa shape index (κ2) is 8.41. The maximum atomic E-state index is 12.8. The molecule has 2 amide bonds. The molecule has 28 heavy (non-hydrogen) atoms. The minimum Gasteiger partial charge on any atom is -0.334 e. The van der Waals surface area contributed by atoms with Crippen molar-refractivity contribution in [2.45, 2.75) is 23.3 Å². The van der Waals surface area contributed by atoms with Crippen LogP contribution in [0.25, 0.3) is 0 Å². The number of pyridine rings is 1. The number of amides is 2. The van der Waals surface area contributed by atoms with Crippen LogP contribution in [0.5, 0.6) is 0 Å². The van der Waals surface area contributed by atoms with Crippen LogP contribution < -0.4 is 10.6 Å². The maximum absolute atomic E-state index is 12.8. The number of nitrogens with one attached hydrogen (secondary N) is 2. The van der Waals surface area contributed by atoms with Crippen LogP contribution in [0.15, 0.2) is 76.8 Å². The standard InChI is InChI=1S/C20H18ClN3O3S/c1-14-11-16(21)4-9-19(14)28(26,27)18-7-5-17(6-8-18)24-20(25)23-13-15-3-2-10-22-12-15/h2-12H,13H2,1H3,(H2,23,24,25). The Bertz CT molecular complexity index is 1090. The highest BCUT2D eigenvalue weighted by Gasteiger charge is 2.20. The van der Waals surface area contributed by atoms with Crippen LogP contribution >= 0.6 is 11.6 Å². The van der Waals surface area contributed by atoms with E-state index in [1.165, 1.54) is 18.2 Å². The molecule has 8 heteroatoms. The van der Waals surface area contributed by atoms with Crippen molar-refractivity contribution in [3.05, 3.63) is 83.1 Å². The Hall–Kier alpha value is -2.90. The van der Waals surface area contributed by atoms with Crippen LogP contribution in [0.1, 0.15) is 11.1 Å². The smallest absolute Gasteiger partial charge is 0.319 e. The van der Waals surface area contributed by atoms with E-state index in [0.717, 1.165) is 5.56 Å². The number of hydrogen-bond donors (Lipinski definition) is 2. The molecule has 144 valence electrons. The van der Waals surface area contributed by atoms with Gasteiger partial charge in [-0.05, 0) is 66.6 Å². The quantitative estimate of drug-likeness (QED) is 0.653. The van der Waals surface area contributed by atoms with Gasteiger partial charge in [0.1, 0.15) is 0 Å². The second-order valence-electron chi connectivity index (χ2n) is 6.11. The van der Waals surface area contributed by atoms with Gasteiger partial charge in [0.15, 0.2) is 0 Å². The third kappa shape index (κ3) is 4.68. The Morgan fingerprint density at radius 2 is 1.86 bits per heavy atom. The number of rotatable bonds is 5. The number of benzene rings is 2. The van der Waals surface area contributed by atoms with Gasteiger partial charge >= 0.3 is 6.03 Å². The molecule has 1 heterocycles. The molecule has 0 unspecified atom stereocenters. The van der Waals surface area contributed by atoms with Crippen molar-refractivity contribution >= 4 is 33.2 Å². The molecule has 0 bridgehead atoms. The molecule has 0 saturated carbocycles. The summed E-state index contributed by atoms with van der Waals surface area (Å²) >= 11 is 5.90. The van der Waals surface area contributed by atoms with Crippen LogP contribution in [-0.4, -0.2) is 19.4 Å². The van der Waals surface area contributed by atoms with Crippen molar-refractivity contribution in [2.24, 2.45) is 0 Å². The molecule has 2 aromatic carbocycles. The van der Waals surface area contributed by atoms with Crippen molar-refractivity contribution in [3.63, 3.8) is 0 Å². The average molecular weight is 416 g/mol. The highest BCUT2D eigenvalue weighted by Crippen LogP contribution is 2.26. The average Bonchev–Trinajstić information content (AvgIpc) is 2.67. The number of carbonyl (C=O) groups is 1. The summed E-state index contributed by atoms with van der Waals surface area (Å²) < 4.78 is 25.6. The summed E-state index contributed by atoms with van der Waals surface area (Å²) in [5.41, 5.74) is 1.93. The fourth-order valence-electron chi connectivity index (χ4n) is 2.62. The molecule has 3 rings (SSSR count). The summed E-state index contributed by atoms with van der Waals surface area (Å²) in [5.74, 6) is 0. The second-order valence-corrected chi connectivity index (χ2v) is 8.46. The lowest BCUT2D eigenvalue weighted by molar-refractivity contribution is 0.251. The third-order valence-corrected chi connectivity index (χ3v) is 6.19. The van der Waals surface area contributed by atoms with Gasteiger partial charge in [0.2, 0.25) is 9.84 Å². The van der Waals surface area contributed by atoms with Gasteiger partial charge in [-0.15, -0.1) is 0 Å². The number of halogens is 1. The minimum atomic E-state index is -3.67. The largest absolute Gasteiger partial charge is 0.334 e.